The van der Waals surface area contributed by atoms with Crippen molar-refractivity contribution < 1.29 is 9.90 Å². The van der Waals surface area contributed by atoms with Crippen LogP contribution in [-0.4, -0.2) is 16.0 Å². The molecule has 0 fully saturated rings. The van der Waals surface area contributed by atoms with E-state index in [-0.39, 0.29) is 6.04 Å². The van der Waals surface area contributed by atoms with E-state index in [9.17, 15) is 9.90 Å². The first kappa shape index (κ1) is 15.2. The molecule has 3 aromatic rings. The number of nitrogens with one attached hydrogen (secondary N) is 1. The molecular weight excluding hydrogens is 288 g/mol. The Morgan fingerprint density at radius 1 is 1.04 bits per heavy atom. The molecule has 4 nitrogen and oxygen atoms in total. The smallest absolute Gasteiger partial charge is 0.254 e. The SMILES string of the molecule is C[C@H](NC(=O)C(O)c1cccnc1)c1ccc2ccccc2c1. The molecule has 2 atom stereocenters. The van der Waals surface area contributed by atoms with E-state index in [4.69, 9.17) is 0 Å². The van der Waals surface area contributed by atoms with Gasteiger partial charge in [-0.05, 0) is 35.4 Å². The second-order valence-electron chi connectivity index (χ2n) is 5.53. The van der Waals surface area contributed by atoms with Crippen LogP contribution in [0.25, 0.3) is 10.8 Å². The Labute approximate surface area is 134 Å². The number of nitrogens with zero attached hydrogens (tertiary/aromatic N) is 1. The van der Waals surface area contributed by atoms with E-state index in [1.807, 2.05) is 37.3 Å². The monoisotopic (exact) mass is 306 g/mol. The topological polar surface area (TPSA) is 62.2 Å². The molecule has 116 valence electrons. The fourth-order valence-corrected chi connectivity index (χ4v) is 2.54. The van der Waals surface area contributed by atoms with Gasteiger partial charge in [-0.2, -0.15) is 0 Å². The van der Waals surface area contributed by atoms with Gasteiger partial charge in [-0.25, -0.2) is 0 Å². The number of aliphatic hydroxyl groups excluding tert-OH is 1. The lowest BCUT2D eigenvalue weighted by Crippen LogP contribution is -2.31. The van der Waals surface area contributed by atoms with Crippen molar-refractivity contribution in [2.24, 2.45) is 0 Å². The maximum absolute atomic E-state index is 12.2. The van der Waals surface area contributed by atoms with Crippen molar-refractivity contribution in [2.45, 2.75) is 19.1 Å². The third-order valence-corrected chi connectivity index (χ3v) is 3.88. The average molecular weight is 306 g/mol. The van der Waals surface area contributed by atoms with Crippen molar-refractivity contribution >= 4 is 16.7 Å². The Morgan fingerprint density at radius 3 is 2.57 bits per heavy atom. The molecule has 0 radical (unpaired) electrons. The quantitative estimate of drug-likeness (QED) is 0.778. The first-order chi connectivity index (χ1) is 11.1. The summed E-state index contributed by atoms with van der Waals surface area (Å²) in [5.74, 6) is -0.432. The second-order valence-corrected chi connectivity index (χ2v) is 5.53. The van der Waals surface area contributed by atoms with Crippen LogP contribution in [0.2, 0.25) is 0 Å². The highest BCUT2D eigenvalue weighted by atomic mass is 16.3. The van der Waals surface area contributed by atoms with Crippen LogP contribution in [0.15, 0.2) is 67.0 Å². The highest BCUT2D eigenvalue weighted by Gasteiger charge is 2.19. The molecule has 0 bridgehead atoms. The first-order valence-electron chi connectivity index (χ1n) is 7.52. The van der Waals surface area contributed by atoms with Gasteiger partial charge in [0.05, 0.1) is 6.04 Å². The Hall–Kier alpha value is -2.72. The van der Waals surface area contributed by atoms with Crippen LogP contribution in [0.3, 0.4) is 0 Å². The number of amides is 1. The summed E-state index contributed by atoms with van der Waals surface area (Å²) in [6.45, 7) is 1.90. The van der Waals surface area contributed by atoms with Gasteiger partial charge in [0.25, 0.3) is 5.91 Å². The summed E-state index contributed by atoms with van der Waals surface area (Å²) in [5.41, 5.74) is 1.48. The number of carbonyl (C=O) groups excluding carboxylic acids is 1. The van der Waals surface area contributed by atoms with Crippen molar-refractivity contribution in [3.8, 4) is 0 Å². The summed E-state index contributed by atoms with van der Waals surface area (Å²) in [4.78, 5) is 16.1. The molecule has 0 saturated carbocycles. The van der Waals surface area contributed by atoms with Gasteiger partial charge in [-0.15, -0.1) is 0 Å². The zero-order chi connectivity index (χ0) is 16.2. The van der Waals surface area contributed by atoms with Crippen LogP contribution in [0, 0.1) is 0 Å². The molecule has 1 unspecified atom stereocenters. The minimum Gasteiger partial charge on any atom is -0.378 e. The number of aliphatic hydroxyl groups is 1. The second kappa shape index (κ2) is 6.58. The molecule has 1 aromatic heterocycles. The lowest BCUT2D eigenvalue weighted by molar-refractivity contribution is -0.130. The fraction of sp³-hybridized carbons (Fsp3) is 0.158. The van der Waals surface area contributed by atoms with Gasteiger partial charge in [0.15, 0.2) is 6.10 Å². The van der Waals surface area contributed by atoms with Crippen molar-refractivity contribution in [3.63, 3.8) is 0 Å². The van der Waals surface area contributed by atoms with Crippen LogP contribution < -0.4 is 5.32 Å². The molecule has 23 heavy (non-hydrogen) atoms. The maximum atomic E-state index is 12.2. The number of hydrogen-bond acceptors (Lipinski definition) is 3. The Bertz CT molecular complexity index is 818. The summed E-state index contributed by atoms with van der Waals surface area (Å²) in [7, 11) is 0. The normalized spacial score (nSPS) is 13.5. The van der Waals surface area contributed by atoms with Crippen molar-refractivity contribution in [1.29, 1.82) is 0 Å². The third kappa shape index (κ3) is 3.38. The number of aromatic nitrogens is 1. The van der Waals surface area contributed by atoms with E-state index in [1.165, 1.54) is 6.20 Å². The number of benzene rings is 2. The van der Waals surface area contributed by atoms with Gasteiger partial charge < -0.3 is 10.4 Å². The summed E-state index contributed by atoms with van der Waals surface area (Å²) >= 11 is 0. The molecule has 2 aromatic carbocycles. The van der Waals surface area contributed by atoms with E-state index < -0.39 is 12.0 Å². The Kier molecular flexibility index (Phi) is 4.35. The lowest BCUT2D eigenvalue weighted by Gasteiger charge is -2.18. The van der Waals surface area contributed by atoms with Crippen molar-refractivity contribution in [2.75, 3.05) is 0 Å². The van der Waals surface area contributed by atoms with Gasteiger partial charge in [0.1, 0.15) is 0 Å². The highest BCUT2D eigenvalue weighted by molar-refractivity contribution is 5.84. The van der Waals surface area contributed by atoms with Gasteiger partial charge in [-0.1, -0.05) is 42.5 Å². The largest absolute Gasteiger partial charge is 0.378 e. The van der Waals surface area contributed by atoms with E-state index in [0.717, 1.165) is 16.3 Å². The minimum absolute atomic E-state index is 0.196. The summed E-state index contributed by atoms with van der Waals surface area (Å²) < 4.78 is 0. The molecule has 0 aliphatic rings. The number of rotatable bonds is 4. The molecule has 0 aliphatic heterocycles. The van der Waals surface area contributed by atoms with Crippen LogP contribution >= 0.6 is 0 Å². The number of fused-ring (bicyclic) bond motifs is 1. The standard InChI is InChI=1S/C19H18N2O2/c1-13(15-9-8-14-5-2-3-6-16(14)11-15)21-19(23)18(22)17-7-4-10-20-12-17/h2-13,18,22H,1H3,(H,21,23)/t13-,18?/m0/s1. The van der Waals surface area contributed by atoms with Crippen LogP contribution in [0.4, 0.5) is 0 Å². The molecule has 0 saturated heterocycles. The fourth-order valence-electron chi connectivity index (χ4n) is 2.54. The predicted molar refractivity (Wildman–Crippen MR) is 89.7 cm³/mol. The van der Waals surface area contributed by atoms with Crippen molar-refractivity contribution in [3.05, 3.63) is 78.1 Å². The number of hydrogen-bond donors (Lipinski definition) is 2. The van der Waals surface area contributed by atoms with Crippen LogP contribution in [-0.2, 0) is 4.79 Å². The average Bonchev–Trinajstić information content (AvgIpc) is 2.61. The summed E-state index contributed by atoms with van der Waals surface area (Å²) in [5, 5.41) is 15.2. The van der Waals surface area contributed by atoms with Crippen LogP contribution in [0.5, 0.6) is 0 Å². The highest BCUT2D eigenvalue weighted by Crippen LogP contribution is 2.21. The van der Waals surface area contributed by atoms with Crippen molar-refractivity contribution in [1.82, 2.24) is 10.3 Å². The lowest BCUT2D eigenvalue weighted by atomic mass is 10.0. The molecular formula is C19H18N2O2. The zero-order valence-corrected chi connectivity index (χ0v) is 12.8. The van der Waals surface area contributed by atoms with E-state index in [2.05, 4.69) is 22.4 Å². The van der Waals surface area contributed by atoms with Gasteiger partial charge in [-0.3, -0.25) is 9.78 Å². The number of pyridine rings is 1. The molecule has 4 heteroatoms. The van der Waals surface area contributed by atoms with Crippen LogP contribution in [0.1, 0.15) is 30.2 Å². The zero-order valence-electron chi connectivity index (χ0n) is 12.8. The molecule has 3 rings (SSSR count). The van der Waals surface area contributed by atoms with Gasteiger partial charge >= 0.3 is 0 Å². The summed E-state index contributed by atoms with van der Waals surface area (Å²) in [6, 6.07) is 17.3. The van der Waals surface area contributed by atoms with E-state index in [0.29, 0.717) is 5.56 Å². The maximum Gasteiger partial charge on any atom is 0.254 e. The molecule has 1 amide bonds. The summed E-state index contributed by atoms with van der Waals surface area (Å²) in [6.07, 6.45) is 1.88. The first-order valence-corrected chi connectivity index (χ1v) is 7.52. The van der Waals surface area contributed by atoms with Gasteiger partial charge in [0.2, 0.25) is 0 Å². The van der Waals surface area contributed by atoms with Gasteiger partial charge in [0, 0.05) is 18.0 Å². The molecule has 1 heterocycles. The number of carbonyl (C=O) groups is 1. The third-order valence-electron chi connectivity index (χ3n) is 3.88. The van der Waals surface area contributed by atoms with E-state index >= 15 is 0 Å². The minimum atomic E-state index is -1.22. The molecule has 0 spiro atoms. The Morgan fingerprint density at radius 2 is 1.83 bits per heavy atom. The predicted octanol–water partition coefficient (Wildman–Crippen LogP) is 3.15. The Balaban J connectivity index is 1.74. The van der Waals surface area contributed by atoms with E-state index in [1.54, 1.807) is 18.3 Å². The molecule has 0 aliphatic carbocycles. The molecule has 2 N–H and O–H groups in total.